The molecule has 19 heavy (non-hydrogen) atoms. The monoisotopic (exact) mass is 260 g/mol. The first-order valence-electron chi connectivity index (χ1n) is 7.44. The summed E-state index contributed by atoms with van der Waals surface area (Å²) in [5.41, 5.74) is 8.90. The lowest BCUT2D eigenvalue weighted by atomic mass is 9.88. The summed E-state index contributed by atoms with van der Waals surface area (Å²) in [5, 5.41) is 0. The number of hydrogen-bond donors (Lipinski definition) is 1. The molecule has 104 valence electrons. The maximum Gasteiger partial charge on any atom is 0.123 e. The summed E-state index contributed by atoms with van der Waals surface area (Å²) in [6.45, 7) is 2.23. The molecule has 1 unspecified atom stereocenters. The van der Waals surface area contributed by atoms with Crippen LogP contribution in [0.2, 0.25) is 0 Å². The number of rotatable bonds is 2. The molecule has 0 amide bonds. The van der Waals surface area contributed by atoms with E-state index in [1.165, 1.54) is 30.5 Å². The van der Waals surface area contributed by atoms with E-state index in [9.17, 15) is 0 Å². The second kappa shape index (κ2) is 5.51. The second-order valence-electron chi connectivity index (χ2n) is 6.04. The summed E-state index contributed by atoms with van der Waals surface area (Å²) in [5.74, 6) is 1.08. The molecule has 1 aromatic rings. The Balaban J connectivity index is 1.77. The minimum atomic E-state index is 0.297. The first-order chi connectivity index (χ1) is 9.22. The van der Waals surface area contributed by atoms with Gasteiger partial charge in [-0.3, -0.25) is 0 Å². The standard InChI is InChI=1S/C16H24N2O/c1-18-9-3-5-14(11-18)19-16-6-2-4-12-7-8-13(17)10-15(12)16/h2,4,6,13-14H,3,5,7-11,17H2,1H3/t13-,14?/m1/s1. The predicted molar refractivity (Wildman–Crippen MR) is 77.6 cm³/mol. The van der Waals surface area contributed by atoms with Gasteiger partial charge in [-0.2, -0.15) is 0 Å². The van der Waals surface area contributed by atoms with E-state index in [1.807, 2.05) is 0 Å². The van der Waals surface area contributed by atoms with Gasteiger partial charge in [0.05, 0.1) is 0 Å². The molecule has 1 heterocycles. The molecule has 0 spiro atoms. The number of aryl methyl sites for hydroxylation is 1. The SMILES string of the molecule is CN1CCCC(Oc2cccc3c2C[C@H](N)CC3)C1. The number of fused-ring (bicyclic) bond motifs is 1. The molecule has 3 rings (SSSR count). The van der Waals surface area contributed by atoms with Gasteiger partial charge in [-0.25, -0.2) is 0 Å². The van der Waals surface area contributed by atoms with Crippen molar-refractivity contribution >= 4 is 0 Å². The summed E-state index contributed by atoms with van der Waals surface area (Å²) in [4.78, 5) is 2.36. The molecule has 0 radical (unpaired) electrons. The van der Waals surface area contributed by atoms with Gasteiger partial charge in [0.1, 0.15) is 11.9 Å². The molecule has 0 saturated carbocycles. The van der Waals surface area contributed by atoms with Gasteiger partial charge >= 0.3 is 0 Å². The molecule has 3 heteroatoms. The van der Waals surface area contributed by atoms with Gasteiger partial charge in [-0.1, -0.05) is 12.1 Å². The topological polar surface area (TPSA) is 38.5 Å². The third-order valence-electron chi connectivity index (χ3n) is 4.36. The van der Waals surface area contributed by atoms with Crippen LogP contribution in [0.25, 0.3) is 0 Å². The summed E-state index contributed by atoms with van der Waals surface area (Å²) in [6.07, 6.45) is 5.90. The van der Waals surface area contributed by atoms with Crippen LogP contribution in [0.4, 0.5) is 0 Å². The summed E-state index contributed by atoms with van der Waals surface area (Å²) in [7, 11) is 2.17. The number of hydrogen-bond acceptors (Lipinski definition) is 3. The maximum absolute atomic E-state index is 6.28. The smallest absolute Gasteiger partial charge is 0.123 e. The Labute approximate surface area is 115 Å². The molecule has 2 atom stereocenters. The van der Waals surface area contributed by atoms with Crippen LogP contribution < -0.4 is 10.5 Å². The van der Waals surface area contributed by atoms with Crippen LogP contribution in [0, 0.1) is 0 Å². The number of nitrogens with zero attached hydrogens (tertiary/aromatic N) is 1. The van der Waals surface area contributed by atoms with E-state index in [-0.39, 0.29) is 0 Å². The van der Waals surface area contributed by atoms with Crippen molar-refractivity contribution < 1.29 is 4.74 Å². The zero-order valence-corrected chi connectivity index (χ0v) is 11.8. The lowest BCUT2D eigenvalue weighted by Gasteiger charge is -2.32. The average Bonchev–Trinajstić information content (AvgIpc) is 2.39. The van der Waals surface area contributed by atoms with Crippen LogP contribution in [0.3, 0.4) is 0 Å². The van der Waals surface area contributed by atoms with Crippen molar-refractivity contribution in [3.05, 3.63) is 29.3 Å². The Morgan fingerprint density at radius 3 is 3.05 bits per heavy atom. The van der Waals surface area contributed by atoms with Crippen molar-refractivity contribution in [2.75, 3.05) is 20.1 Å². The largest absolute Gasteiger partial charge is 0.489 e. The molecule has 1 saturated heterocycles. The summed E-state index contributed by atoms with van der Waals surface area (Å²) in [6, 6.07) is 6.76. The fourth-order valence-electron chi connectivity index (χ4n) is 3.29. The average molecular weight is 260 g/mol. The molecule has 1 aliphatic heterocycles. The van der Waals surface area contributed by atoms with Gasteiger partial charge in [-0.05, 0) is 62.9 Å². The van der Waals surface area contributed by atoms with Crippen molar-refractivity contribution in [1.82, 2.24) is 4.90 Å². The number of nitrogens with two attached hydrogens (primary N) is 1. The molecular formula is C16H24N2O. The highest BCUT2D eigenvalue weighted by molar-refractivity contribution is 5.42. The predicted octanol–water partition coefficient (Wildman–Crippen LogP) is 1.98. The second-order valence-corrected chi connectivity index (χ2v) is 6.04. The van der Waals surface area contributed by atoms with Crippen molar-refractivity contribution in [1.29, 1.82) is 0 Å². The van der Waals surface area contributed by atoms with E-state index in [0.717, 1.165) is 31.6 Å². The molecule has 1 aromatic carbocycles. The van der Waals surface area contributed by atoms with Gasteiger partial charge in [0.15, 0.2) is 0 Å². The number of piperidine rings is 1. The van der Waals surface area contributed by atoms with Gasteiger partial charge in [0.25, 0.3) is 0 Å². The molecule has 0 aromatic heterocycles. The molecule has 1 fully saturated rings. The summed E-state index contributed by atoms with van der Waals surface area (Å²) < 4.78 is 6.28. The molecule has 2 aliphatic rings. The Morgan fingerprint density at radius 1 is 1.32 bits per heavy atom. The van der Waals surface area contributed by atoms with E-state index in [2.05, 4.69) is 30.1 Å². The number of ether oxygens (including phenoxy) is 1. The van der Waals surface area contributed by atoms with Gasteiger partial charge < -0.3 is 15.4 Å². The summed E-state index contributed by atoms with van der Waals surface area (Å²) >= 11 is 0. The lowest BCUT2D eigenvalue weighted by Crippen LogP contribution is -2.39. The van der Waals surface area contributed by atoms with E-state index < -0.39 is 0 Å². The van der Waals surface area contributed by atoms with E-state index in [1.54, 1.807) is 0 Å². The number of likely N-dealkylation sites (N-methyl/N-ethyl adjacent to an activating group) is 1. The fourth-order valence-corrected chi connectivity index (χ4v) is 3.29. The molecule has 1 aliphatic carbocycles. The number of benzene rings is 1. The normalized spacial score (nSPS) is 27.9. The van der Waals surface area contributed by atoms with Crippen LogP contribution in [0.5, 0.6) is 5.75 Å². The first-order valence-corrected chi connectivity index (χ1v) is 7.44. The number of likely N-dealkylation sites (tertiary alicyclic amines) is 1. The Hall–Kier alpha value is -1.06. The lowest BCUT2D eigenvalue weighted by molar-refractivity contribution is 0.103. The minimum Gasteiger partial charge on any atom is -0.489 e. The quantitative estimate of drug-likeness (QED) is 0.883. The van der Waals surface area contributed by atoms with Crippen molar-refractivity contribution in [2.45, 2.75) is 44.2 Å². The van der Waals surface area contributed by atoms with Crippen LogP contribution >= 0.6 is 0 Å². The Morgan fingerprint density at radius 2 is 2.21 bits per heavy atom. The molecular weight excluding hydrogens is 236 g/mol. The van der Waals surface area contributed by atoms with Crippen molar-refractivity contribution in [2.24, 2.45) is 5.73 Å². The van der Waals surface area contributed by atoms with Gasteiger partial charge in [0, 0.05) is 12.6 Å². The first kappa shape index (κ1) is 12.9. The van der Waals surface area contributed by atoms with Crippen LogP contribution in [0.1, 0.15) is 30.4 Å². The van der Waals surface area contributed by atoms with Crippen LogP contribution in [-0.4, -0.2) is 37.2 Å². The zero-order chi connectivity index (χ0) is 13.2. The molecule has 2 N–H and O–H groups in total. The van der Waals surface area contributed by atoms with Crippen LogP contribution in [-0.2, 0) is 12.8 Å². The molecule has 0 bridgehead atoms. The molecule has 3 nitrogen and oxygen atoms in total. The van der Waals surface area contributed by atoms with Gasteiger partial charge in [-0.15, -0.1) is 0 Å². The third kappa shape index (κ3) is 2.93. The van der Waals surface area contributed by atoms with Crippen molar-refractivity contribution in [3.8, 4) is 5.75 Å². The van der Waals surface area contributed by atoms with Gasteiger partial charge in [0.2, 0.25) is 0 Å². The van der Waals surface area contributed by atoms with Crippen molar-refractivity contribution in [3.63, 3.8) is 0 Å². The Kier molecular flexibility index (Phi) is 3.76. The fraction of sp³-hybridized carbons (Fsp3) is 0.625. The van der Waals surface area contributed by atoms with E-state index in [4.69, 9.17) is 10.5 Å². The Bertz CT molecular complexity index is 446. The van der Waals surface area contributed by atoms with E-state index >= 15 is 0 Å². The highest BCUT2D eigenvalue weighted by Gasteiger charge is 2.23. The minimum absolute atomic E-state index is 0.297. The van der Waals surface area contributed by atoms with Crippen LogP contribution in [0.15, 0.2) is 18.2 Å². The maximum atomic E-state index is 6.28. The van der Waals surface area contributed by atoms with E-state index in [0.29, 0.717) is 12.1 Å². The zero-order valence-electron chi connectivity index (χ0n) is 11.8. The third-order valence-corrected chi connectivity index (χ3v) is 4.36. The highest BCUT2D eigenvalue weighted by atomic mass is 16.5. The highest BCUT2D eigenvalue weighted by Crippen LogP contribution is 2.30.